The lowest BCUT2D eigenvalue weighted by Crippen LogP contribution is -2.40. The fraction of sp³-hybridized carbons (Fsp3) is 0.467. The molecule has 0 unspecified atom stereocenters. The molecule has 1 aliphatic carbocycles. The van der Waals surface area contributed by atoms with Crippen LogP contribution in [0.1, 0.15) is 41.6 Å². The van der Waals surface area contributed by atoms with Crippen LogP contribution in [0.4, 0.5) is 5.69 Å². The van der Waals surface area contributed by atoms with Crippen LogP contribution in [-0.2, 0) is 4.79 Å². The molecule has 0 aromatic heterocycles. The average molecular weight is 354 g/mol. The number of carbonyl (C=O) groups is 2. The first kappa shape index (κ1) is 15.8. The highest BCUT2D eigenvalue weighted by atomic mass is 79.9. The second kappa shape index (κ2) is 6.47. The Morgan fingerprint density at radius 3 is 2.43 bits per heavy atom. The number of anilines is 1. The molecule has 5 nitrogen and oxygen atoms in total. The lowest BCUT2D eigenvalue weighted by atomic mass is 9.85. The normalized spacial score (nSPS) is 21.8. The third-order valence-electron chi connectivity index (χ3n) is 4.12. The van der Waals surface area contributed by atoms with Crippen LogP contribution >= 0.6 is 15.9 Å². The molecule has 5 N–H and O–H groups in total. The van der Waals surface area contributed by atoms with E-state index in [9.17, 15) is 9.59 Å². The molecule has 0 atom stereocenters. The Hall–Kier alpha value is -1.56. The number of carbonyl (C=O) groups excluding carboxylic acids is 2. The van der Waals surface area contributed by atoms with Gasteiger partial charge in [0.15, 0.2) is 0 Å². The molecule has 114 valence electrons. The number of amides is 2. The molecule has 2 amide bonds. The molecule has 1 aliphatic rings. The smallest absolute Gasteiger partial charge is 0.251 e. The zero-order chi connectivity index (χ0) is 15.6. The van der Waals surface area contributed by atoms with E-state index in [4.69, 9.17) is 11.5 Å². The zero-order valence-corrected chi connectivity index (χ0v) is 13.6. The first-order chi connectivity index (χ1) is 9.88. The van der Waals surface area contributed by atoms with Crippen LogP contribution in [-0.4, -0.2) is 17.9 Å². The van der Waals surface area contributed by atoms with Crippen LogP contribution in [0.25, 0.3) is 0 Å². The second-order valence-electron chi connectivity index (χ2n) is 5.59. The van der Waals surface area contributed by atoms with E-state index < -0.39 is 0 Å². The van der Waals surface area contributed by atoms with Crippen LogP contribution in [0.15, 0.2) is 16.6 Å². The van der Waals surface area contributed by atoms with E-state index in [0.29, 0.717) is 11.3 Å². The van der Waals surface area contributed by atoms with E-state index in [1.807, 2.05) is 6.92 Å². The number of rotatable bonds is 3. The Bertz CT molecular complexity index is 566. The Labute approximate surface area is 132 Å². The summed E-state index contributed by atoms with van der Waals surface area (Å²) >= 11 is 3.35. The predicted octanol–water partition coefficient (Wildman–Crippen LogP) is 2.11. The molecule has 1 aromatic carbocycles. The largest absolute Gasteiger partial charge is 0.398 e. The highest BCUT2D eigenvalue weighted by Crippen LogP contribution is 2.26. The van der Waals surface area contributed by atoms with Crippen molar-refractivity contribution < 1.29 is 9.59 Å². The number of halogens is 1. The van der Waals surface area contributed by atoms with Crippen molar-refractivity contribution in [2.75, 3.05) is 5.73 Å². The Morgan fingerprint density at radius 1 is 1.24 bits per heavy atom. The van der Waals surface area contributed by atoms with Gasteiger partial charge in [0.25, 0.3) is 5.91 Å². The molecule has 1 saturated carbocycles. The van der Waals surface area contributed by atoms with Gasteiger partial charge >= 0.3 is 0 Å². The van der Waals surface area contributed by atoms with Crippen LogP contribution in [0.5, 0.6) is 0 Å². The summed E-state index contributed by atoms with van der Waals surface area (Å²) < 4.78 is 0.785. The summed E-state index contributed by atoms with van der Waals surface area (Å²) in [6, 6.07) is 3.65. The third-order valence-corrected chi connectivity index (χ3v) is 4.58. The van der Waals surface area contributed by atoms with Crippen LogP contribution in [0.2, 0.25) is 0 Å². The summed E-state index contributed by atoms with van der Waals surface area (Å²) in [5, 5.41) is 3.02. The molecular weight excluding hydrogens is 334 g/mol. The van der Waals surface area contributed by atoms with Crippen molar-refractivity contribution in [3.63, 3.8) is 0 Å². The number of primary amides is 1. The average Bonchev–Trinajstić information content (AvgIpc) is 2.43. The summed E-state index contributed by atoms with van der Waals surface area (Å²) in [4.78, 5) is 23.5. The minimum atomic E-state index is -0.240. The van der Waals surface area contributed by atoms with Gasteiger partial charge in [0.1, 0.15) is 0 Å². The Kier molecular flexibility index (Phi) is 4.88. The minimum absolute atomic E-state index is 0.0543. The van der Waals surface area contributed by atoms with Crippen LogP contribution < -0.4 is 16.8 Å². The van der Waals surface area contributed by atoms with Gasteiger partial charge in [0, 0.05) is 27.7 Å². The summed E-state index contributed by atoms with van der Waals surface area (Å²) in [7, 11) is 0. The number of hydrogen-bond donors (Lipinski definition) is 3. The predicted molar refractivity (Wildman–Crippen MR) is 85.7 cm³/mol. The fourth-order valence-electron chi connectivity index (χ4n) is 2.72. The van der Waals surface area contributed by atoms with Gasteiger partial charge in [-0.15, -0.1) is 0 Å². The maximum Gasteiger partial charge on any atom is 0.251 e. The molecule has 0 aliphatic heterocycles. The molecule has 1 fully saturated rings. The summed E-state index contributed by atoms with van der Waals surface area (Å²) in [5.74, 6) is -0.417. The summed E-state index contributed by atoms with van der Waals surface area (Å²) in [6.07, 6.45) is 3.03. The van der Waals surface area contributed by atoms with Crippen molar-refractivity contribution in [1.29, 1.82) is 0 Å². The molecule has 0 bridgehead atoms. The fourth-order valence-corrected chi connectivity index (χ4v) is 3.20. The van der Waals surface area contributed by atoms with E-state index in [0.717, 1.165) is 35.7 Å². The number of hydrogen-bond acceptors (Lipinski definition) is 3. The van der Waals surface area contributed by atoms with Gasteiger partial charge in [-0.1, -0.05) is 15.9 Å². The third kappa shape index (κ3) is 3.75. The molecule has 0 saturated heterocycles. The van der Waals surface area contributed by atoms with Crippen molar-refractivity contribution in [1.82, 2.24) is 5.32 Å². The molecular formula is C15H20BrN3O2. The number of nitrogens with two attached hydrogens (primary N) is 2. The van der Waals surface area contributed by atoms with Crippen LogP contribution in [0.3, 0.4) is 0 Å². The Balaban J connectivity index is 2.01. The van der Waals surface area contributed by atoms with E-state index in [2.05, 4.69) is 21.2 Å². The van der Waals surface area contributed by atoms with Gasteiger partial charge < -0.3 is 16.8 Å². The summed E-state index contributed by atoms with van der Waals surface area (Å²) in [6.45, 7) is 1.83. The molecule has 2 rings (SSSR count). The lowest BCUT2D eigenvalue weighted by molar-refractivity contribution is -0.122. The van der Waals surface area contributed by atoms with E-state index in [1.165, 1.54) is 0 Å². The molecule has 6 heteroatoms. The highest BCUT2D eigenvalue weighted by molar-refractivity contribution is 9.10. The van der Waals surface area contributed by atoms with E-state index in [1.54, 1.807) is 12.1 Å². The SMILES string of the molecule is Cc1c(N)cc(Br)cc1C(=O)NC1CCC(C(N)=O)CC1. The molecule has 0 spiro atoms. The maximum atomic E-state index is 12.4. The van der Waals surface area contributed by atoms with Crippen molar-refractivity contribution in [2.24, 2.45) is 11.7 Å². The van der Waals surface area contributed by atoms with Crippen molar-refractivity contribution in [3.05, 3.63) is 27.7 Å². The Morgan fingerprint density at radius 2 is 1.86 bits per heavy atom. The standard InChI is InChI=1S/C15H20BrN3O2/c1-8-12(6-10(16)7-13(8)17)15(21)19-11-4-2-9(3-5-11)14(18)20/h6-7,9,11H,2-5,17H2,1H3,(H2,18,20)(H,19,21). The topological polar surface area (TPSA) is 98.2 Å². The first-order valence-electron chi connectivity index (χ1n) is 7.04. The highest BCUT2D eigenvalue weighted by Gasteiger charge is 2.26. The van der Waals surface area contributed by atoms with Gasteiger partial charge in [-0.05, 0) is 50.3 Å². The zero-order valence-electron chi connectivity index (χ0n) is 12.0. The number of nitrogens with one attached hydrogen (secondary N) is 1. The van der Waals surface area contributed by atoms with Gasteiger partial charge in [-0.25, -0.2) is 0 Å². The molecule has 21 heavy (non-hydrogen) atoms. The first-order valence-corrected chi connectivity index (χ1v) is 7.83. The van der Waals surface area contributed by atoms with Gasteiger partial charge in [-0.3, -0.25) is 9.59 Å². The maximum absolute atomic E-state index is 12.4. The van der Waals surface area contributed by atoms with Crippen molar-refractivity contribution in [3.8, 4) is 0 Å². The van der Waals surface area contributed by atoms with Crippen molar-refractivity contribution >= 4 is 33.4 Å². The molecule has 1 aromatic rings. The second-order valence-corrected chi connectivity index (χ2v) is 6.51. The van der Waals surface area contributed by atoms with Gasteiger partial charge in [0.05, 0.1) is 0 Å². The van der Waals surface area contributed by atoms with Gasteiger partial charge in [-0.2, -0.15) is 0 Å². The number of benzene rings is 1. The summed E-state index contributed by atoms with van der Waals surface area (Å²) in [5.41, 5.74) is 13.1. The minimum Gasteiger partial charge on any atom is -0.398 e. The van der Waals surface area contributed by atoms with Gasteiger partial charge in [0.2, 0.25) is 5.91 Å². The molecule has 0 heterocycles. The van der Waals surface area contributed by atoms with Crippen molar-refractivity contribution in [2.45, 2.75) is 38.6 Å². The van der Waals surface area contributed by atoms with E-state index >= 15 is 0 Å². The number of nitrogen functional groups attached to an aromatic ring is 1. The quantitative estimate of drug-likeness (QED) is 0.725. The monoisotopic (exact) mass is 353 g/mol. The van der Waals surface area contributed by atoms with E-state index in [-0.39, 0.29) is 23.8 Å². The lowest BCUT2D eigenvalue weighted by Gasteiger charge is -2.27. The van der Waals surface area contributed by atoms with Crippen LogP contribution in [0, 0.1) is 12.8 Å². The molecule has 0 radical (unpaired) electrons.